The van der Waals surface area contributed by atoms with E-state index in [-0.39, 0.29) is 6.42 Å². The highest BCUT2D eigenvalue weighted by molar-refractivity contribution is 7.47. The maximum atomic E-state index is 11.9. The lowest BCUT2D eigenvalue weighted by Crippen LogP contribution is -2.42. The van der Waals surface area contributed by atoms with Gasteiger partial charge in [0.2, 0.25) is 5.91 Å². The second-order valence-corrected chi connectivity index (χ2v) is 13.3. The van der Waals surface area contributed by atoms with Gasteiger partial charge in [-0.1, -0.05) is 115 Å². The number of carbonyl (C=O) groups is 3. The first-order chi connectivity index (χ1) is 22.1. The molecular weight excluding hydrogens is 613 g/mol. The van der Waals surface area contributed by atoms with Gasteiger partial charge in [0, 0.05) is 13.3 Å². The molecule has 268 valence electrons. The summed E-state index contributed by atoms with van der Waals surface area (Å²) in [6, 6.07) is -1.54. The molecular formula is C34H62NO10P. The van der Waals surface area contributed by atoms with Crippen LogP contribution in [-0.2, 0) is 32.7 Å². The number of hydrogen-bond acceptors (Lipinski definition) is 8. The van der Waals surface area contributed by atoms with Crippen LogP contribution in [0.1, 0.15) is 142 Å². The summed E-state index contributed by atoms with van der Waals surface area (Å²) < 4.78 is 26.0. The van der Waals surface area contributed by atoms with Gasteiger partial charge in [0.15, 0.2) is 6.04 Å². The van der Waals surface area contributed by atoms with Gasteiger partial charge in [-0.3, -0.25) is 18.6 Å². The average molecular weight is 676 g/mol. The molecule has 0 spiro atoms. The molecule has 4 N–H and O–H groups in total. The van der Waals surface area contributed by atoms with Gasteiger partial charge in [-0.15, -0.1) is 0 Å². The third-order valence-corrected chi connectivity index (χ3v) is 8.23. The Morgan fingerprint density at radius 1 is 0.717 bits per heavy atom. The van der Waals surface area contributed by atoms with Gasteiger partial charge in [0.1, 0.15) is 12.7 Å². The smallest absolute Gasteiger partial charge is 0.472 e. The second kappa shape index (κ2) is 30.3. The topological polar surface area (TPSA) is 169 Å². The van der Waals surface area contributed by atoms with Crippen LogP contribution in [0.3, 0.4) is 0 Å². The van der Waals surface area contributed by atoms with Crippen molar-refractivity contribution in [3.05, 3.63) is 24.3 Å². The standard InChI is InChI=1S/C34H62NO10P/c1-3-4-5-6-7-8-9-10-11-12-13-14-15-16-17-18-19-20-21-22-23-24-25-26-33(38)43-27-31(37)28-44-46(41,42)45-29-32(34(39)40)35-30(2)36/h7-8,10-11,31-32,37H,3-6,9,12-29H2,1-2H3,(H,35,36)(H,39,40)(H,41,42)/b8-7-,11-10-. The molecule has 46 heavy (non-hydrogen) atoms. The number of aliphatic carboxylic acids is 1. The number of carboxylic acid groups (broad SMARTS) is 1. The minimum Gasteiger partial charge on any atom is -0.480 e. The highest BCUT2D eigenvalue weighted by atomic mass is 31.2. The second-order valence-electron chi connectivity index (χ2n) is 11.8. The van der Waals surface area contributed by atoms with Crippen LogP contribution >= 0.6 is 7.82 Å². The molecule has 0 aliphatic carbocycles. The zero-order valence-corrected chi connectivity index (χ0v) is 29.3. The number of aliphatic hydroxyl groups is 1. The Morgan fingerprint density at radius 3 is 1.70 bits per heavy atom. The molecule has 0 bridgehead atoms. The van der Waals surface area contributed by atoms with E-state index in [1.54, 1.807) is 0 Å². The van der Waals surface area contributed by atoms with Gasteiger partial charge in [-0.05, 0) is 38.5 Å². The highest BCUT2D eigenvalue weighted by Crippen LogP contribution is 2.43. The van der Waals surface area contributed by atoms with Crippen LogP contribution in [-0.4, -0.2) is 64.9 Å². The molecule has 3 atom stereocenters. The van der Waals surface area contributed by atoms with Crippen LogP contribution in [0.5, 0.6) is 0 Å². The summed E-state index contributed by atoms with van der Waals surface area (Å²) in [6.07, 6.45) is 30.9. The Hall–Kier alpha value is -2.04. The molecule has 0 fully saturated rings. The molecule has 3 unspecified atom stereocenters. The van der Waals surface area contributed by atoms with Crippen molar-refractivity contribution in [2.45, 2.75) is 154 Å². The molecule has 0 saturated carbocycles. The van der Waals surface area contributed by atoms with Crippen molar-refractivity contribution in [2.24, 2.45) is 0 Å². The van der Waals surface area contributed by atoms with Crippen molar-refractivity contribution in [2.75, 3.05) is 19.8 Å². The largest absolute Gasteiger partial charge is 0.480 e. The molecule has 0 rings (SSSR count). The van der Waals surface area contributed by atoms with E-state index in [9.17, 15) is 28.9 Å². The molecule has 11 nitrogen and oxygen atoms in total. The van der Waals surface area contributed by atoms with Crippen LogP contribution in [0.15, 0.2) is 24.3 Å². The first-order valence-corrected chi connectivity index (χ1v) is 18.8. The minimum atomic E-state index is -4.70. The maximum Gasteiger partial charge on any atom is 0.472 e. The lowest BCUT2D eigenvalue weighted by atomic mass is 10.0. The van der Waals surface area contributed by atoms with Crippen molar-refractivity contribution in [1.82, 2.24) is 5.32 Å². The third-order valence-electron chi connectivity index (χ3n) is 7.28. The fourth-order valence-corrected chi connectivity index (χ4v) is 5.38. The Morgan fingerprint density at radius 2 is 1.20 bits per heavy atom. The number of aliphatic hydroxyl groups excluding tert-OH is 1. The van der Waals surface area contributed by atoms with Gasteiger partial charge in [0.25, 0.3) is 0 Å². The molecule has 0 radical (unpaired) electrons. The van der Waals surface area contributed by atoms with Gasteiger partial charge in [0.05, 0.1) is 13.2 Å². The predicted octanol–water partition coefficient (Wildman–Crippen LogP) is 7.55. The Balaban J connectivity index is 3.58. The van der Waals surface area contributed by atoms with Crippen LogP contribution < -0.4 is 5.32 Å². The van der Waals surface area contributed by atoms with Crippen LogP contribution in [0.4, 0.5) is 0 Å². The van der Waals surface area contributed by atoms with Crippen molar-refractivity contribution >= 4 is 25.7 Å². The lowest BCUT2D eigenvalue weighted by molar-refractivity contribution is -0.147. The summed E-state index contributed by atoms with van der Waals surface area (Å²) in [6.45, 7) is 1.42. The molecule has 1 amide bonds. The number of esters is 1. The maximum absolute atomic E-state index is 11.9. The Kier molecular flexibility index (Phi) is 29.0. The Bertz CT molecular complexity index is 895. The summed E-state index contributed by atoms with van der Waals surface area (Å²) in [5.74, 6) is -2.59. The number of carbonyl (C=O) groups excluding carboxylic acids is 2. The van der Waals surface area contributed by atoms with Crippen molar-refractivity contribution in [3.8, 4) is 0 Å². The number of phosphoric acid groups is 1. The number of allylic oxidation sites excluding steroid dienone is 4. The van der Waals surface area contributed by atoms with Crippen molar-refractivity contribution < 1.29 is 47.8 Å². The van der Waals surface area contributed by atoms with Crippen LogP contribution in [0, 0.1) is 0 Å². The SMILES string of the molecule is CCCCC/C=C\C/C=C\CCCCCCCCCCCCCCCC(=O)OCC(O)COP(=O)(O)OCC(NC(C)=O)C(=O)O. The van der Waals surface area contributed by atoms with E-state index in [1.807, 2.05) is 5.32 Å². The van der Waals surface area contributed by atoms with E-state index < -0.39 is 57.6 Å². The number of carboxylic acids is 1. The molecule has 0 aromatic heterocycles. The Labute approximate surface area is 277 Å². The molecule has 0 heterocycles. The van der Waals surface area contributed by atoms with Gasteiger partial charge < -0.3 is 25.2 Å². The number of ether oxygens (including phenoxy) is 1. The number of nitrogens with one attached hydrogen (secondary N) is 1. The third kappa shape index (κ3) is 30.6. The first-order valence-electron chi connectivity index (χ1n) is 17.3. The van der Waals surface area contributed by atoms with Gasteiger partial charge >= 0.3 is 19.8 Å². The van der Waals surface area contributed by atoms with E-state index in [2.05, 4.69) is 40.3 Å². The fraction of sp³-hybridized carbons (Fsp3) is 0.794. The number of rotatable bonds is 32. The van der Waals surface area contributed by atoms with Gasteiger partial charge in [-0.25, -0.2) is 9.36 Å². The van der Waals surface area contributed by atoms with Crippen LogP contribution in [0.25, 0.3) is 0 Å². The van der Waals surface area contributed by atoms with E-state index in [1.165, 1.54) is 89.9 Å². The van der Waals surface area contributed by atoms with E-state index in [0.29, 0.717) is 6.42 Å². The number of unbranched alkanes of at least 4 members (excludes halogenated alkanes) is 16. The van der Waals surface area contributed by atoms with Gasteiger partial charge in [-0.2, -0.15) is 0 Å². The first kappa shape index (κ1) is 44.0. The average Bonchev–Trinajstić information content (AvgIpc) is 3.01. The quantitative estimate of drug-likeness (QED) is 0.0242. The summed E-state index contributed by atoms with van der Waals surface area (Å²) in [4.78, 5) is 43.6. The molecule has 0 saturated heterocycles. The summed E-state index contributed by atoms with van der Waals surface area (Å²) in [7, 11) is -4.70. The van der Waals surface area contributed by atoms with E-state index in [0.717, 1.165) is 32.6 Å². The normalized spacial score (nSPS) is 14.3. The summed E-state index contributed by atoms with van der Waals surface area (Å²) >= 11 is 0. The lowest BCUT2D eigenvalue weighted by Gasteiger charge is -2.18. The summed E-state index contributed by atoms with van der Waals surface area (Å²) in [5.41, 5.74) is 0. The zero-order valence-electron chi connectivity index (χ0n) is 28.4. The molecule has 0 aromatic rings. The molecule has 0 aliphatic heterocycles. The van der Waals surface area contributed by atoms with Crippen molar-refractivity contribution in [1.29, 1.82) is 0 Å². The van der Waals surface area contributed by atoms with E-state index >= 15 is 0 Å². The highest BCUT2D eigenvalue weighted by Gasteiger charge is 2.28. The molecule has 0 aliphatic rings. The monoisotopic (exact) mass is 675 g/mol. The number of hydrogen-bond donors (Lipinski definition) is 4. The minimum absolute atomic E-state index is 0.224. The molecule has 0 aromatic carbocycles. The zero-order chi connectivity index (χ0) is 34.3. The number of phosphoric ester groups is 1. The van der Waals surface area contributed by atoms with Crippen molar-refractivity contribution in [3.63, 3.8) is 0 Å². The molecule has 12 heteroatoms. The fourth-order valence-electron chi connectivity index (χ4n) is 4.61. The van der Waals surface area contributed by atoms with Crippen LogP contribution in [0.2, 0.25) is 0 Å². The number of amides is 1. The predicted molar refractivity (Wildman–Crippen MR) is 180 cm³/mol. The van der Waals surface area contributed by atoms with E-state index in [4.69, 9.17) is 9.84 Å². The summed E-state index contributed by atoms with van der Waals surface area (Å²) in [5, 5.41) is 20.9.